The Morgan fingerprint density at radius 2 is 1.88 bits per heavy atom. The summed E-state index contributed by atoms with van der Waals surface area (Å²) in [6.07, 6.45) is 4.32. The topological polar surface area (TPSA) is 54.4 Å². The van der Waals surface area contributed by atoms with Gasteiger partial charge in [-0.1, -0.05) is 30.5 Å². The van der Waals surface area contributed by atoms with Crippen LogP contribution in [0.3, 0.4) is 0 Å². The van der Waals surface area contributed by atoms with Gasteiger partial charge >= 0.3 is 0 Å². The van der Waals surface area contributed by atoms with Gasteiger partial charge in [0.25, 0.3) is 10.1 Å². The van der Waals surface area contributed by atoms with Gasteiger partial charge in [0.05, 0.1) is 4.90 Å². The molecule has 0 saturated heterocycles. The molecule has 1 aromatic rings. The summed E-state index contributed by atoms with van der Waals surface area (Å²) in [5.41, 5.74) is 1.83. The van der Waals surface area contributed by atoms with Crippen LogP contribution < -0.4 is 0 Å². The molecule has 0 heterocycles. The number of rotatable bonds is 2. The minimum atomic E-state index is -4.09. The van der Waals surface area contributed by atoms with Crippen LogP contribution in [0.15, 0.2) is 23.1 Å². The van der Waals surface area contributed by atoms with Crippen molar-refractivity contribution in [2.24, 2.45) is 0 Å². The maximum atomic E-state index is 11.3. The Balaban J connectivity index is 2.52. The summed E-state index contributed by atoms with van der Waals surface area (Å²) in [5.74, 6) is 0.289. The normalized spacial score (nSPS) is 17.9. The molecule has 0 aromatic heterocycles. The van der Waals surface area contributed by atoms with E-state index in [1.165, 1.54) is 6.07 Å². The van der Waals surface area contributed by atoms with Gasteiger partial charge in [-0.25, -0.2) is 0 Å². The summed E-state index contributed by atoms with van der Waals surface area (Å²) in [4.78, 5) is 0.0880. The van der Waals surface area contributed by atoms with E-state index in [9.17, 15) is 13.0 Å². The number of hydrogen-bond donors (Lipinski definition) is 1. The zero-order chi connectivity index (χ0) is 11.8. The van der Waals surface area contributed by atoms with Crippen LogP contribution in [0.25, 0.3) is 0 Å². The van der Waals surface area contributed by atoms with Crippen LogP contribution in [0.1, 0.15) is 42.7 Å². The Hall–Kier alpha value is -0.870. The lowest BCUT2D eigenvalue weighted by molar-refractivity contribution is 0.480. The lowest BCUT2D eigenvalue weighted by Gasteiger charge is -2.14. The summed E-state index contributed by atoms with van der Waals surface area (Å²) in [7, 11) is -4.09. The van der Waals surface area contributed by atoms with Gasteiger partial charge in [-0.15, -0.1) is 0 Å². The zero-order valence-corrected chi connectivity index (χ0v) is 10.1. The summed E-state index contributed by atoms with van der Waals surface area (Å²) >= 11 is 0. The smallest absolute Gasteiger partial charge is 0.282 e. The van der Waals surface area contributed by atoms with E-state index >= 15 is 0 Å². The Morgan fingerprint density at radius 3 is 2.44 bits per heavy atom. The first-order valence-electron chi connectivity index (χ1n) is 5.56. The molecule has 0 bridgehead atoms. The molecule has 0 atom stereocenters. The fourth-order valence-corrected chi connectivity index (χ4v) is 3.22. The van der Waals surface area contributed by atoms with Gasteiger partial charge in [0.2, 0.25) is 0 Å². The van der Waals surface area contributed by atoms with Crippen molar-refractivity contribution in [2.45, 2.75) is 43.4 Å². The summed E-state index contributed by atoms with van der Waals surface area (Å²) in [5, 5.41) is 0. The van der Waals surface area contributed by atoms with Crippen LogP contribution in [0.2, 0.25) is 0 Å². The van der Waals surface area contributed by atoms with Crippen molar-refractivity contribution in [2.75, 3.05) is 0 Å². The summed E-state index contributed by atoms with van der Waals surface area (Å²) in [6.45, 7) is 1.94. The fourth-order valence-electron chi connectivity index (χ4n) is 2.46. The summed E-state index contributed by atoms with van der Waals surface area (Å²) < 4.78 is 31.7. The number of benzene rings is 1. The highest BCUT2D eigenvalue weighted by molar-refractivity contribution is 7.85. The van der Waals surface area contributed by atoms with E-state index in [0.717, 1.165) is 36.8 Å². The second-order valence-corrected chi connectivity index (χ2v) is 5.89. The van der Waals surface area contributed by atoms with E-state index in [1.807, 2.05) is 13.0 Å². The molecule has 2 rings (SSSR count). The van der Waals surface area contributed by atoms with E-state index < -0.39 is 10.1 Å². The molecule has 1 aromatic carbocycles. The van der Waals surface area contributed by atoms with Crippen LogP contribution in [-0.4, -0.2) is 13.0 Å². The maximum absolute atomic E-state index is 11.3. The van der Waals surface area contributed by atoms with E-state index in [4.69, 9.17) is 0 Å². The summed E-state index contributed by atoms with van der Waals surface area (Å²) in [6, 6.07) is 5.12. The minimum absolute atomic E-state index is 0.0880. The van der Waals surface area contributed by atoms with E-state index in [1.54, 1.807) is 6.07 Å². The Labute approximate surface area is 96.2 Å². The Morgan fingerprint density at radius 1 is 1.25 bits per heavy atom. The molecular formula is C12H16O3S. The molecule has 3 nitrogen and oxygen atoms in total. The maximum Gasteiger partial charge on any atom is 0.294 e. The molecular weight excluding hydrogens is 224 g/mol. The van der Waals surface area contributed by atoms with Gasteiger partial charge in [0.15, 0.2) is 0 Å². The molecule has 1 saturated carbocycles. The molecule has 0 amide bonds. The molecule has 0 spiro atoms. The number of aryl methyl sites for hydroxylation is 1. The quantitative estimate of drug-likeness (QED) is 0.809. The van der Waals surface area contributed by atoms with Crippen LogP contribution >= 0.6 is 0 Å². The number of hydrogen-bond acceptors (Lipinski definition) is 2. The minimum Gasteiger partial charge on any atom is -0.282 e. The van der Waals surface area contributed by atoms with Crippen LogP contribution in [0.4, 0.5) is 0 Å². The Bertz CT molecular complexity index is 485. The molecule has 0 aliphatic heterocycles. The van der Waals surface area contributed by atoms with Crippen molar-refractivity contribution in [3.8, 4) is 0 Å². The van der Waals surface area contributed by atoms with Crippen molar-refractivity contribution in [3.05, 3.63) is 29.3 Å². The van der Waals surface area contributed by atoms with Gasteiger partial charge in [-0.05, 0) is 37.3 Å². The van der Waals surface area contributed by atoms with Crippen LogP contribution in [-0.2, 0) is 10.1 Å². The molecule has 1 N–H and O–H groups in total. The molecule has 4 heteroatoms. The van der Waals surface area contributed by atoms with Crippen molar-refractivity contribution in [3.63, 3.8) is 0 Å². The van der Waals surface area contributed by atoms with Gasteiger partial charge in [-0.3, -0.25) is 4.55 Å². The van der Waals surface area contributed by atoms with Crippen molar-refractivity contribution in [1.29, 1.82) is 0 Å². The van der Waals surface area contributed by atoms with Crippen molar-refractivity contribution < 1.29 is 13.0 Å². The van der Waals surface area contributed by atoms with Gasteiger partial charge < -0.3 is 0 Å². The van der Waals surface area contributed by atoms with E-state index in [2.05, 4.69) is 0 Å². The monoisotopic (exact) mass is 240 g/mol. The first kappa shape index (κ1) is 11.6. The zero-order valence-electron chi connectivity index (χ0n) is 9.31. The highest BCUT2D eigenvalue weighted by Crippen LogP contribution is 2.37. The first-order chi connectivity index (χ1) is 7.48. The highest BCUT2D eigenvalue weighted by Gasteiger charge is 2.24. The van der Waals surface area contributed by atoms with Crippen LogP contribution in [0.5, 0.6) is 0 Å². The van der Waals surface area contributed by atoms with Crippen molar-refractivity contribution in [1.82, 2.24) is 0 Å². The molecule has 0 unspecified atom stereocenters. The second kappa shape index (κ2) is 4.18. The van der Waals surface area contributed by atoms with Crippen molar-refractivity contribution >= 4 is 10.1 Å². The lowest BCUT2D eigenvalue weighted by atomic mass is 9.96. The lowest BCUT2D eigenvalue weighted by Crippen LogP contribution is -2.06. The third-order valence-electron chi connectivity index (χ3n) is 3.24. The third-order valence-corrected chi connectivity index (χ3v) is 4.17. The molecule has 16 heavy (non-hydrogen) atoms. The fraction of sp³-hybridized carbons (Fsp3) is 0.500. The first-order valence-corrected chi connectivity index (χ1v) is 7.00. The standard InChI is InChI=1S/C12H16O3S/c1-9-6-7-12(16(13,14)15)11(8-9)10-4-2-3-5-10/h6-8,10H,2-5H2,1H3,(H,13,14,15). The van der Waals surface area contributed by atoms with Crippen LogP contribution in [0, 0.1) is 6.92 Å². The van der Waals surface area contributed by atoms with Gasteiger partial charge in [0.1, 0.15) is 0 Å². The second-order valence-electron chi connectivity index (χ2n) is 4.50. The van der Waals surface area contributed by atoms with E-state index in [-0.39, 0.29) is 10.8 Å². The molecule has 0 radical (unpaired) electrons. The average molecular weight is 240 g/mol. The highest BCUT2D eigenvalue weighted by atomic mass is 32.2. The molecule has 1 aliphatic rings. The van der Waals surface area contributed by atoms with E-state index in [0.29, 0.717) is 0 Å². The SMILES string of the molecule is Cc1ccc(S(=O)(=O)O)c(C2CCCC2)c1. The average Bonchev–Trinajstić information content (AvgIpc) is 2.68. The Kier molecular flexibility index (Phi) is 3.04. The third kappa shape index (κ3) is 2.28. The molecule has 1 aliphatic carbocycles. The largest absolute Gasteiger partial charge is 0.294 e. The molecule has 1 fully saturated rings. The van der Waals surface area contributed by atoms with Gasteiger partial charge in [0, 0.05) is 0 Å². The molecule has 88 valence electrons. The predicted octanol–water partition coefficient (Wildman–Crippen LogP) is 2.90. The van der Waals surface area contributed by atoms with Gasteiger partial charge in [-0.2, -0.15) is 8.42 Å². The predicted molar refractivity (Wildman–Crippen MR) is 62.2 cm³/mol.